The summed E-state index contributed by atoms with van der Waals surface area (Å²) in [5.41, 5.74) is 0.910. The SMILES string of the molecule is CC(CNCc1ccc(Cl)c(F)c1)N(C)C. The predicted octanol–water partition coefficient (Wildman–Crippen LogP) is 2.52. The Labute approximate surface area is 101 Å². The van der Waals surface area contributed by atoms with Gasteiger partial charge in [0.25, 0.3) is 0 Å². The van der Waals surface area contributed by atoms with Crippen molar-refractivity contribution in [3.8, 4) is 0 Å². The van der Waals surface area contributed by atoms with Crippen molar-refractivity contribution in [2.45, 2.75) is 19.5 Å². The van der Waals surface area contributed by atoms with E-state index in [2.05, 4.69) is 17.1 Å². The second kappa shape index (κ2) is 6.18. The minimum atomic E-state index is -0.360. The Morgan fingerprint density at radius 1 is 1.44 bits per heavy atom. The average Bonchev–Trinajstić information content (AvgIpc) is 2.23. The molecule has 1 unspecified atom stereocenters. The van der Waals surface area contributed by atoms with Crippen LogP contribution >= 0.6 is 11.6 Å². The van der Waals surface area contributed by atoms with E-state index in [1.54, 1.807) is 6.07 Å². The number of halogens is 2. The third-order valence-electron chi connectivity index (χ3n) is 2.63. The number of benzene rings is 1. The summed E-state index contributed by atoms with van der Waals surface area (Å²) in [6.45, 7) is 3.67. The van der Waals surface area contributed by atoms with Gasteiger partial charge in [-0.2, -0.15) is 0 Å². The summed E-state index contributed by atoms with van der Waals surface area (Å²) in [5, 5.41) is 3.45. The van der Waals surface area contributed by atoms with Gasteiger partial charge in [0.2, 0.25) is 0 Å². The van der Waals surface area contributed by atoms with Crippen molar-refractivity contribution in [2.24, 2.45) is 0 Å². The van der Waals surface area contributed by atoms with Gasteiger partial charge >= 0.3 is 0 Å². The second-order valence-corrected chi connectivity index (χ2v) is 4.60. The molecule has 0 aliphatic heterocycles. The zero-order valence-electron chi connectivity index (χ0n) is 9.93. The highest BCUT2D eigenvalue weighted by atomic mass is 35.5. The van der Waals surface area contributed by atoms with Crippen LogP contribution in [0, 0.1) is 5.82 Å². The van der Waals surface area contributed by atoms with Crippen LogP contribution in [0.1, 0.15) is 12.5 Å². The molecule has 0 spiro atoms. The summed E-state index contributed by atoms with van der Waals surface area (Å²) >= 11 is 5.60. The third-order valence-corrected chi connectivity index (χ3v) is 2.94. The van der Waals surface area contributed by atoms with Crippen LogP contribution in [0.15, 0.2) is 18.2 Å². The van der Waals surface area contributed by atoms with E-state index in [0.29, 0.717) is 12.6 Å². The van der Waals surface area contributed by atoms with Gasteiger partial charge in [-0.25, -0.2) is 4.39 Å². The summed E-state index contributed by atoms with van der Waals surface area (Å²) < 4.78 is 13.1. The van der Waals surface area contributed by atoms with Crippen molar-refractivity contribution in [1.82, 2.24) is 10.2 Å². The Kier molecular flexibility index (Phi) is 5.19. The topological polar surface area (TPSA) is 15.3 Å². The van der Waals surface area contributed by atoms with E-state index in [4.69, 9.17) is 11.6 Å². The lowest BCUT2D eigenvalue weighted by Gasteiger charge is -2.20. The largest absolute Gasteiger partial charge is 0.311 e. The maximum atomic E-state index is 13.1. The van der Waals surface area contributed by atoms with Crippen molar-refractivity contribution >= 4 is 11.6 Å². The first-order chi connectivity index (χ1) is 7.50. The Balaban J connectivity index is 2.40. The fraction of sp³-hybridized carbons (Fsp3) is 0.500. The molecule has 1 N–H and O–H groups in total. The molecule has 2 nitrogen and oxygen atoms in total. The second-order valence-electron chi connectivity index (χ2n) is 4.19. The molecule has 0 radical (unpaired) electrons. The Morgan fingerprint density at radius 2 is 2.12 bits per heavy atom. The van der Waals surface area contributed by atoms with Gasteiger partial charge in [-0.05, 0) is 38.7 Å². The molecule has 1 aromatic rings. The van der Waals surface area contributed by atoms with Crippen LogP contribution in [0.4, 0.5) is 4.39 Å². The molecule has 0 aromatic heterocycles. The number of nitrogens with zero attached hydrogens (tertiary/aromatic N) is 1. The molecule has 16 heavy (non-hydrogen) atoms. The molecule has 0 aliphatic rings. The smallest absolute Gasteiger partial charge is 0.142 e. The molecule has 1 rings (SSSR count). The van der Waals surface area contributed by atoms with Crippen LogP contribution in [-0.4, -0.2) is 31.6 Å². The van der Waals surface area contributed by atoms with E-state index in [-0.39, 0.29) is 10.8 Å². The molecule has 90 valence electrons. The molecule has 0 bridgehead atoms. The lowest BCUT2D eigenvalue weighted by molar-refractivity contribution is 0.302. The summed E-state index contributed by atoms with van der Waals surface area (Å²) in [5.74, 6) is -0.360. The molecular formula is C12H18ClFN2. The maximum Gasteiger partial charge on any atom is 0.142 e. The number of rotatable bonds is 5. The zero-order valence-corrected chi connectivity index (χ0v) is 10.7. The maximum absolute atomic E-state index is 13.1. The van der Waals surface area contributed by atoms with E-state index in [1.165, 1.54) is 6.07 Å². The van der Waals surface area contributed by atoms with Crippen LogP contribution in [0.25, 0.3) is 0 Å². The number of nitrogens with one attached hydrogen (secondary N) is 1. The van der Waals surface area contributed by atoms with Crippen LogP contribution in [0.2, 0.25) is 5.02 Å². The molecule has 4 heteroatoms. The predicted molar refractivity (Wildman–Crippen MR) is 66.3 cm³/mol. The van der Waals surface area contributed by atoms with E-state index in [1.807, 2.05) is 20.2 Å². The van der Waals surface area contributed by atoms with Crippen LogP contribution in [0.3, 0.4) is 0 Å². The van der Waals surface area contributed by atoms with E-state index in [0.717, 1.165) is 12.1 Å². The molecule has 1 atom stereocenters. The summed E-state index contributed by atoms with van der Waals surface area (Å²) in [6.07, 6.45) is 0. The summed E-state index contributed by atoms with van der Waals surface area (Å²) in [6, 6.07) is 5.34. The average molecular weight is 245 g/mol. The lowest BCUT2D eigenvalue weighted by atomic mass is 10.2. The molecule has 1 aromatic carbocycles. The van der Waals surface area contributed by atoms with Crippen molar-refractivity contribution in [2.75, 3.05) is 20.6 Å². The standard InChI is InChI=1S/C12H18ClFN2/c1-9(16(2)3)7-15-8-10-4-5-11(13)12(14)6-10/h4-6,9,15H,7-8H2,1-3H3. The molecule has 0 heterocycles. The normalized spacial score (nSPS) is 13.1. The van der Waals surface area contributed by atoms with E-state index in [9.17, 15) is 4.39 Å². The molecule has 0 saturated heterocycles. The van der Waals surface area contributed by atoms with Gasteiger partial charge < -0.3 is 10.2 Å². The van der Waals surface area contributed by atoms with Gasteiger partial charge in [-0.3, -0.25) is 0 Å². The Hall–Kier alpha value is -0.640. The molecule has 0 fully saturated rings. The van der Waals surface area contributed by atoms with Crippen molar-refractivity contribution in [1.29, 1.82) is 0 Å². The molecular weight excluding hydrogens is 227 g/mol. The monoisotopic (exact) mass is 244 g/mol. The minimum absolute atomic E-state index is 0.172. The quantitative estimate of drug-likeness (QED) is 0.856. The van der Waals surface area contributed by atoms with Gasteiger partial charge in [-0.15, -0.1) is 0 Å². The number of hydrogen-bond acceptors (Lipinski definition) is 2. The van der Waals surface area contributed by atoms with Gasteiger partial charge in [0, 0.05) is 19.1 Å². The molecule has 0 saturated carbocycles. The van der Waals surface area contributed by atoms with E-state index < -0.39 is 0 Å². The molecule has 0 amide bonds. The highest BCUT2D eigenvalue weighted by Gasteiger charge is 2.04. The lowest BCUT2D eigenvalue weighted by Crippen LogP contribution is -2.35. The van der Waals surface area contributed by atoms with E-state index >= 15 is 0 Å². The Morgan fingerprint density at radius 3 is 2.69 bits per heavy atom. The van der Waals surface area contributed by atoms with Crippen molar-refractivity contribution in [3.05, 3.63) is 34.6 Å². The van der Waals surface area contributed by atoms with Gasteiger partial charge in [-0.1, -0.05) is 17.7 Å². The van der Waals surface area contributed by atoms with Crippen molar-refractivity contribution in [3.63, 3.8) is 0 Å². The summed E-state index contributed by atoms with van der Waals surface area (Å²) in [7, 11) is 4.07. The van der Waals surface area contributed by atoms with Gasteiger partial charge in [0.05, 0.1) is 5.02 Å². The minimum Gasteiger partial charge on any atom is -0.311 e. The zero-order chi connectivity index (χ0) is 12.1. The van der Waals surface area contributed by atoms with Gasteiger partial charge in [0.1, 0.15) is 5.82 Å². The highest BCUT2D eigenvalue weighted by Crippen LogP contribution is 2.15. The van der Waals surface area contributed by atoms with Gasteiger partial charge in [0.15, 0.2) is 0 Å². The fourth-order valence-corrected chi connectivity index (χ4v) is 1.38. The molecule has 0 aliphatic carbocycles. The summed E-state index contributed by atoms with van der Waals surface area (Å²) in [4.78, 5) is 2.13. The third kappa shape index (κ3) is 4.08. The first kappa shape index (κ1) is 13.4. The highest BCUT2D eigenvalue weighted by molar-refractivity contribution is 6.30. The number of likely N-dealkylation sites (N-methyl/N-ethyl adjacent to an activating group) is 1. The number of hydrogen-bond donors (Lipinski definition) is 1. The Bertz CT molecular complexity index is 342. The first-order valence-electron chi connectivity index (χ1n) is 5.31. The van der Waals surface area contributed by atoms with Crippen LogP contribution in [0.5, 0.6) is 0 Å². The van der Waals surface area contributed by atoms with Crippen LogP contribution < -0.4 is 5.32 Å². The fourth-order valence-electron chi connectivity index (χ4n) is 1.26. The van der Waals surface area contributed by atoms with Crippen molar-refractivity contribution < 1.29 is 4.39 Å². The van der Waals surface area contributed by atoms with Crippen LogP contribution in [-0.2, 0) is 6.54 Å². The first-order valence-corrected chi connectivity index (χ1v) is 5.69.